The molecule has 3 nitrogen and oxygen atoms in total. The third kappa shape index (κ3) is 3.66. The molecular weight excluding hydrogens is 264 g/mol. The summed E-state index contributed by atoms with van der Waals surface area (Å²) >= 11 is 0. The molecule has 3 heteroatoms. The highest BCUT2D eigenvalue weighted by molar-refractivity contribution is 6.08. The average molecular weight is 280 g/mol. The zero-order valence-corrected chi connectivity index (χ0v) is 12.1. The molecule has 0 saturated carbocycles. The highest BCUT2D eigenvalue weighted by Crippen LogP contribution is 2.23. The molecule has 0 radical (unpaired) electrons. The second kappa shape index (κ2) is 6.18. The summed E-state index contributed by atoms with van der Waals surface area (Å²) in [6, 6.07) is 14.6. The van der Waals surface area contributed by atoms with Crippen molar-refractivity contribution in [3.05, 3.63) is 66.2 Å². The molecule has 0 amide bonds. The van der Waals surface area contributed by atoms with Gasteiger partial charge >= 0.3 is 5.97 Å². The van der Waals surface area contributed by atoms with Gasteiger partial charge < -0.3 is 4.74 Å². The van der Waals surface area contributed by atoms with Gasteiger partial charge in [-0.1, -0.05) is 43.0 Å². The number of benzene rings is 2. The second-order valence-corrected chi connectivity index (χ2v) is 4.80. The van der Waals surface area contributed by atoms with Gasteiger partial charge in [0.05, 0.1) is 0 Å². The zero-order chi connectivity index (χ0) is 15.4. The van der Waals surface area contributed by atoms with Crippen LogP contribution in [-0.4, -0.2) is 11.8 Å². The maximum atomic E-state index is 11.8. The first kappa shape index (κ1) is 14.7. The number of carbonyl (C=O) groups excluding carboxylic acids is 2. The van der Waals surface area contributed by atoms with Crippen molar-refractivity contribution in [1.29, 1.82) is 0 Å². The fourth-order valence-corrected chi connectivity index (χ4v) is 1.94. The van der Waals surface area contributed by atoms with Gasteiger partial charge in [-0.05, 0) is 35.8 Å². The van der Waals surface area contributed by atoms with E-state index in [-0.39, 0.29) is 11.8 Å². The SMILES string of the molecule is C=C(C)C(=O)c1ccc(-c2ccc(OC(C)=O)cc2)cc1. The molecule has 0 aromatic heterocycles. The Kier molecular flexibility index (Phi) is 4.33. The van der Waals surface area contributed by atoms with Gasteiger partial charge in [-0.3, -0.25) is 9.59 Å². The smallest absolute Gasteiger partial charge is 0.308 e. The molecule has 2 rings (SSSR count). The third-order valence-corrected chi connectivity index (χ3v) is 2.98. The van der Waals surface area contributed by atoms with E-state index >= 15 is 0 Å². The molecule has 0 aliphatic heterocycles. The number of ether oxygens (including phenoxy) is 1. The monoisotopic (exact) mass is 280 g/mol. The minimum atomic E-state index is -0.342. The van der Waals surface area contributed by atoms with Crippen LogP contribution in [0.5, 0.6) is 5.75 Å². The predicted octanol–water partition coefficient (Wildman–Crippen LogP) is 4.04. The highest BCUT2D eigenvalue weighted by Gasteiger charge is 2.06. The second-order valence-electron chi connectivity index (χ2n) is 4.80. The number of hydrogen-bond acceptors (Lipinski definition) is 3. The topological polar surface area (TPSA) is 43.4 Å². The Morgan fingerprint density at radius 2 is 1.33 bits per heavy atom. The van der Waals surface area contributed by atoms with Gasteiger partial charge in [-0.25, -0.2) is 0 Å². The predicted molar refractivity (Wildman–Crippen MR) is 82.3 cm³/mol. The van der Waals surface area contributed by atoms with E-state index < -0.39 is 0 Å². The van der Waals surface area contributed by atoms with Gasteiger partial charge in [-0.2, -0.15) is 0 Å². The molecule has 2 aromatic rings. The van der Waals surface area contributed by atoms with Crippen LogP contribution in [0.4, 0.5) is 0 Å². The maximum Gasteiger partial charge on any atom is 0.308 e. The number of carbonyl (C=O) groups is 2. The van der Waals surface area contributed by atoms with E-state index in [0.29, 0.717) is 16.9 Å². The van der Waals surface area contributed by atoms with Gasteiger partial charge in [0.2, 0.25) is 0 Å². The molecule has 0 saturated heterocycles. The van der Waals surface area contributed by atoms with Crippen molar-refractivity contribution in [3.8, 4) is 16.9 Å². The van der Waals surface area contributed by atoms with Gasteiger partial charge in [0.25, 0.3) is 0 Å². The van der Waals surface area contributed by atoms with Gasteiger partial charge in [0, 0.05) is 12.5 Å². The molecule has 0 fully saturated rings. The van der Waals surface area contributed by atoms with Crippen LogP contribution >= 0.6 is 0 Å². The Labute approximate surface area is 123 Å². The molecule has 0 aliphatic carbocycles. The fraction of sp³-hybridized carbons (Fsp3) is 0.111. The van der Waals surface area contributed by atoms with Crippen molar-refractivity contribution >= 4 is 11.8 Å². The fourth-order valence-electron chi connectivity index (χ4n) is 1.94. The molecule has 0 N–H and O–H groups in total. The Morgan fingerprint density at radius 1 is 0.857 bits per heavy atom. The van der Waals surface area contributed by atoms with Crippen molar-refractivity contribution in [1.82, 2.24) is 0 Å². The minimum absolute atomic E-state index is 0.0493. The summed E-state index contributed by atoms with van der Waals surface area (Å²) in [5.74, 6) is 0.123. The first-order chi connectivity index (χ1) is 9.97. The van der Waals surface area contributed by atoms with E-state index in [1.54, 1.807) is 31.2 Å². The number of allylic oxidation sites excluding steroid dienone is 1. The van der Waals surface area contributed by atoms with Crippen LogP contribution in [0.15, 0.2) is 60.7 Å². The number of Topliss-reactive ketones (excluding diaryl/α,β-unsaturated/α-hetero) is 1. The Bertz CT molecular complexity index is 679. The summed E-state index contributed by atoms with van der Waals surface area (Å²) in [4.78, 5) is 22.7. The molecule has 21 heavy (non-hydrogen) atoms. The molecule has 0 spiro atoms. The summed E-state index contributed by atoms with van der Waals surface area (Å²) in [6.45, 7) is 6.72. The molecule has 0 unspecified atom stereocenters. The number of esters is 1. The lowest BCUT2D eigenvalue weighted by Crippen LogP contribution is -2.00. The van der Waals surface area contributed by atoms with E-state index in [0.717, 1.165) is 11.1 Å². The van der Waals surface area contributed by atoms with Crippen LogP contribution in [0.3, 0.4) is 0 Å². The lowest BCUT2D eigenvalue weighted by Gasteiger charge is -2.06. The average Bonchev–Trinajstić information content (AvgIpc) is 2.47. The van der Waals surface area contributed by atoms with Crippen molar-refractivity contribution in [2.45, 2.75) is 13.8 Å². The van der Waals surface area contributed by atoms with E-state index in [1.165, 1.54) is 6.92 Å². The highest BCUT2D eigenvalue weighted by atomic mass is 16.5. The summed E-state index contributed by atoms with van der Waals surface area (Å²) in [5.41, 5.74) is 3.12. The molecule has 0 aliphatic rings. The molecule has 0 bridgehead atoms. The largest absolute Gasteiger partial charge is 0.427 e. The van der Waals surface area contributed by atoms with Crippen molar-refractivity contribution in [2.24, 2.45) is 0 Å². The van der Waals surface area contributed by atoms with Crippen LogP contribution in [0.25, 0.3) is 11.1 Å². The Morgan fingerprint density at radius 3 is 1.76 bits per heavy atom. The normalized spacial score (nSPS) is 10.0. The Balaban J connectivity index is 2.20. The van der Waals surface area contributed by atoms with Crippen molar-refractivity contribution < 1.29 is 14.3 Å². The molecular formula is C18H16O3. The van der Waals surface area contributed by atoms with E-state index in [9.17, 15) is 9.59 Å². The lowest BCUT2D eigenvalue weighted by molar-refractivity contribution is -0.131. The first-order valence-electron chi connectivity index (χ1n) is 6.56. The van der Waals surface area contributed by atoms with Crippen LogP contribution < -0.4 is 4.74 Å². The maximum absolute atomic E-state index is 11.8. The van der Waals surface area contributed by atoms with Crippen molar-refractivity contribution in [2.75, 3.05) is 0 Å². The minimum Gasteiger partial charge on any atom is -0.427 e. The summed E-state index contributed by atoms with van der Waals surface area (Å²) < 4.78 is 4.99. The third-order valence-electron chi connectivity index (χ3n) is 2.98. The van der Waals surface area contributed by atoms with Crippen molar-refractivity contribution in [3.63, 3.8) is 0 Å². The van der Waals surface area contributed by atoms with E-state index in [2.05, 4.69) is 6.58 Å². The van der Waals surface area contributed by atoms with E-state index in [4.69, 9.17) is 4.74 Å². The number of ketones is 1. The lowest BCUT2D eigenvalue weighted by atomic mass is 10.0. The van der Waals surface area contributed by atoms with Gasteiger partial charge in [-0.15, -0.1) is 0 Å². The van der Waals surface area contributed by atoms with Gasteiger partial charge in [0.1, 0.15) is 5.75 Å². The van der Waals surface area contributed by atoms with Crippen LogP contribution in [0.2, 0.25) is 0 Å². The van der Waals surface area contributed by atoms with Crippen LogP contribution in [0.1, 0.15) is 24.2 Å². The molecule has 106 valence electrons. The molecule has 0 atom stereocenters. The molecule has 0 heterocycles. The molecule has 2 aromatic carbocycles. The van der Waals surface area contributed by atoms with Gasteiger partial charge in [0.15, 0.2) is 5.78 Å². The summed E-state index contributed by atoms with van der Waals surface area (Å²) in [6.07, 6.45) is 0. The number of hydrogen-bond donors (Lipinski definition) is 0. The van der Waals surface area contributed by atoms with Crippen LogP contribution in [-0.2, 0) is 4.79 Å². The summed E-state index contributed by atoms with van der Waals surface area (Å²) in [5, 5.41) is 0. The zero-order valence-electron chi connectivity index (χ0n) is 12.1. The quantitative estimate of drug-likeness (QED) is 0.367. The Hall–Kier alpha value is -2.68. The summed E-state index contributed by atoms with van der Waals surface area (Å²) in [7, 11) is 0. The standard InChI is InChI=1S/C18H16O3/c1-12(2)18(20)16-6-4-14(5-7-16)15-8-10-17(11-9-15)21-13(3)19/h4-11H,1H2,2-3H3. The first-order valence-corrected chi connectivity index (χ1v) is 6.56. The van der Waals surface area contributed by atoms with E-state index in [1.807, 2.05) is 24.3 Å². The van der Waals surface area contributed by atoms with Crippen LogP contribution in [0, 0.1) is 0 Å². The number of rotatable bonds is 4.